The van der Waals surface area contributed by atoms with E-state index < -0.39 is 0 Å². The fourth-order valence-electron chi connectivity index (χ4n) is 2.64. The molecule has 3 aromatic rings. The molecule has 0 saturated heterocycles. The van der Waals surface area contributed by atoms with Crippen molar-refractivity contribution in [1.29, 1.82) is 5.26 Å². The summed E-state index contributed by atoms with van der Waals surface area (Å²) in [5, 5.41) is 13.0. The van der Waals surface area contributed by atoms with Crippen LogP contribution in [-0.2, 0) is 4.79 Å². The second-order valence-electron chi connectivity index (χ2n) is 6.29. The first kappa shape index (κ1) is 21.9. The Bertz CT molecular complexity index is 1130. The van der Waals surface area contributed by atoms with Crippen molar-refractivity contribution in [2.45, 2.75) is 19.0 Å². The summed E-state index contributed by atoms with van der Waals surface area (Å²) in [6, 6.07) is 12.1. The second-order valence-corrected chi connectivity index (χ2v) is 8.08. The van der Waals surface area contributed by atoms with Crippen LogP contribution in [0.2, 0.25) is 10.0 Å². The third-order valence-corrected chi connectivity index (χ3v) is 5.35. The minimum Gasteiger partial charge on any atom is -0.438 e. The molecule has 0 atom stereocenters. The van der Waals surface area contributed by atoms with Gasteiger partial charge in [0.05, 0.1) is 28.1 Å². The van der Waals surface area contributed by atoms with Crippen LogP contribution in [0.1, 0.15) is 16.7 Å². The number of hydrogen-bond donors (Lipinski definition) is 1. The molecule has 30 heavy (non-hydrogen) atoms. The van der Waals surface area contributed by atoms with Gasteiger partial charge in [-0.15, -0.1) is 0 Å². The lowest BCUT2D eigenvalue weighted by Gasteiger charge is -2.12. The number of nitrogens with one attached hydrogen (secondary N) is 1. The molecule has 1 amide bonds. The monoisotopic (exact) mass is 458 g/mol. The van der Waals surface area contributed by atoms with E-state index >= 15 is 0 Å². The van der Waals surface area contributed by atoms with Crippen LogP contribution < -0.4 is 10.1 Å². The van der Waals surface area contributed by atoms with Crippen LogP contribution in [0.5, 0.6) is 11.6 Å². The largest absolute Gasteiger partial charge is 0.438 e. The highest BCUT2D eigenvalue weighted by molar-refractivity contribution is 7.99. The number of aryl methyl sites for hydroxylation is 2. The lowest BCUT2D eigenvalue weighted by molar-refractivity contribution is -0.113. The number of halogens is 2. The molecular weight excluding hydrogens is 443 g/mol. The molecule has 0 fully saturated rings. The van der Waals surface area contributed by atoms with E-state index in [-0.39, 0.29) is 11.7 Å². The summed E-state index contributed by atoms with van der Waals surface area (Å²) in [5.74, 6) is 0.832. The van der Waals surface area contributed by atoms with Crippen LogP contribution in [0.25, 0.3) is 0 Å². The first-order chi connectivity index (χ1) is 14.4. The van der Waals surface area contributed by atoms with Crippen molar-refractivity contribution >= 4 is 46.6 Å². The Morgan fingerprint density at radius 2 is 1.93 bits per heavy atom. The average Bonchev–Trinajstić information content (AvgIpc) is 2.71. The molecule has 0 radical (unpaired) electrons. The Balaban J connectivity index is 1.65. The molecule has 152 valence electrons. The molecule has 1 N–H and O–H groups in total. The van der Waals surface area contributed by atoms with Gasteiger partial charge in [0, 0.05) is 17.3 Å². The molecule has 9 heteroatoms. The highest BCUT2D eigenvalue weighted by Crippen LogP contribution is 2.30. The molecule has 0 bridgehead atoms. The van der Waals surface area contributed by atoms with Crippen molar-refractivity contribution in [3.05, 3.63) is 69.3 Å². The van der Waals surface area contributed by atoms with Crippen LogP contribution in [-0.4, -0.2) is 21.6 Å². The van der Waals surface area contributed by atoms with Crippen molar-refractivity contribution < 1.29 is 9.53 Å². The molecule has 0 unspecified atom stereocenters. The Kier molecular flexibility index (Phi) is 7.16. The minimum atomic E-state index is -0.252. The second kappa shape index (κ2) is 9.81. The third kappa shape index (κ3) is 5.63. The summed E-state index contributed by atoms with van der Waals surface area (Å²) in [6.07, 6.45) is 1.56. The molecule has 3 rings (SSSR count). The van der Waals surface area contributed by atoms with Crippen LogP contribution in [0, 0.1) is 25.2 Å². The summed E-state index contributed by atoms with van der Waals surface area (Å²) in [4.78, 5) is 20.7. The van der Waals surface area contributed by atoms with E-state index in [1.54, 1.807) is 42.6 Å². The zero-order valence-electron chi connectivity index (χ0n) is 16.1. The molecule has 0 aliphatic heterocycles. The van der Waals surface area contributed by atoms with Crippen molar-refractivity contribution in [3.63, 3.8) is 0 Å². The van der Waals surface area contributed by atoms with E-state index in [9.17, 15) is 4.79 Å². The molecule has 0 aliphatic carbocycles. The zero-order valence-corrected chi connectivity index (χ0v) is 18.4. The number of aromatic nitrogens is 2. The van der Waals surface area contributed by atoms with Crippen LogP contribution in [0.3, 0.4) is 0 Å². The maximum atomic E-state index is 12.2. The van der Waals surface area contributed by atoms with Gasteiger partial charge in [-0.2, -0.15) is 10.2 Å². The fourth-order valence-corrected chi connectivity index (χ4v) is 3.72. The van der Waals surface area contributed by atoms with Gasteiger partial charge in [0.1, 0.15) is 5.75 Å². The maximum Gasteiger partial charge on any atom is 0.234 e. The van der Waals surface area contributed by atoms with Crippen molar-refractivity contribution in [1.82, 2.24) is 9.97 Å². The lowest BCUT2D eigenvalue weighted by Crippen LogP contribution is -2.14. The quantitative estimate of drug-likeness (QED) is 0.371. The molecule has 1 heterocycles. The third-order valence-electron chi connectivity index (χ3n) is 3.94. The number of hydrogen-bond acceptors (Lipinski definition) is 6. The first-order valence-corrected chi connectivity index (χ1v) is 10.5. The Labute approximate surface area is 188 Å². The van der Waals surface area contributed by atoms with Gasteiger partial charge >= 0.3 is 0 Å². The topological polar surface area (TPSA) is 87.9 Å². The molecule has 2 aromatic carbocycles. The highest BCUT2D eigenvalue weighted by Gasteiger charge is 2.12. The average molecular weight is 459 g/mol. The van der Waals surface area contributed by atoms with E-state index in [2.05, 4.69) is 21.4 Å². The number of nitriles is 1. The summed E-state index contributed by atoms with van der Waals surface area (Å²) < 4.78 is 5.91. The molecule has 0 saturated carbocycles. The summed E-state index contributed by atoms with van der Waals surface area (Å²) in [5.41, 5.74) is 2.72. The number of benzene rings is 2. The van der Waals surface area contributed by atoms with Gasteiger partial charge < -0.3 is 10.1 Å². The summed E-state index contributed by atoms with van der Waals surface area (Å²) in [7, 11) is 0. The molecule has 1 aromatic heterocycles. The van der Waals surface area contributed by atoms with Crippen molar-refractivity contribution in [2.75, 3.05) is 11.1 Å². The molecule has 0 spiro atoms. The van der Waals surface area contributed by atoms with Crippen molar-refractivity contribution in [3.8, 4) is 17.7 Å². The van der Waals surface area contributed by atoms with Crippen LogP contribution in [0.4, 0.5) is 5.69 Å². The highest BCUT2D eigenvalue weighted by atomic mass is 35.5. The van der Waals surface area contributed by atoms with E-state index in [1.165, 1.54) is 11.8 Å². The van der Waals surface area contributed by atoms with E-state index in [1.807, 2.05) is 13.8 Å². The van der Waals surface area contributed by atoms with Crippen molar-refractivity contribution in [2.24, 2.45) is 0 Å². The van der Waals surface area contributed by atoms with Crippen LogP contribution >= 0.6 is 35.0 Å². The van der Waals surface area contributed by atoms with E-state index in [0.29, 0.717) is 38.1 Å². The number of thioether (sulfide) groups is 1. The number of carbonyl (C=O) groups excluding carboxylic acids is 1. The summed E-state index contributed by atoms with van der Waals surface area (Å²) in [6.45, 7) is 3.73. The molecular formula is C21H16Cl2N4O2S. The van der Waals surface area contributed by atoms with Gasteiger partial charge in [-0.3, -0.25) is 4.79 Å². The Morgan fingerprint density at radius 1 is 1.20 bits per heavy atom. The maximum absolute atomic E-state index is 12.2. The first-order valence-electron chi connectivity index (χ1n) is 8.75. The van der Waals surface area contributed by atoms with Crippen LogP contribution in [0.15, 0.2) is 47.8 Å². The van der Waals surface area contributed by atoms with Gasteiger partial charge in [0.25, 0.3) is 0 Å². The van der Waals surface area contributed by atoms with E-state index in [0.717, 1.165) is 11.1 Å². The zero-order chi connectivity index (χ0) is 21.7. The standard InChI is InChI=1S/C21H16Cl2N4O2S/c1-12-7-14(10-24)8-13(2)20(12)29-19-5-6-25-21(27-19)30-11-18(28)26-17-4-3-15(22)9-16(17)23/h3-9H,11H2,1-2H3,(H,26,28). The lowest BCUT2D eigenvalue weighted by atomic mass is 10.1. The number of carbonyl (C=O) groups is 1. The minimum absolute atomic E-state index is 0.0946. The van der Waals surface area contributed by atoms with Gasteiger partial charge in [-0.25, -0.2) is 4.98 Å². The fraction of sp³-hybridized carbons (Fsp3) is 0.143. The van der Waals surface area contributed by atoms with Gasteiger partial charge in [-0.05, 0) is 55.3 Å². The number of rotatable bonds is 6. The normalized spacial score (nSPS) is 10.4. The van der Waals surface area contributed by atoms with Gasteiger partial charge in [0.15, 0.2) is 5.16 Å². The molecule has 0 aliphatic rings. The SMILES string of the molecule is Cc1cc(C#N)cc(C)c1Oc1ccnc(SCC(=O)Nc2ccc(Cl)cc2Cl)n1. The van der Waals surface area contributed by atoms with Gasteiger partial charge in [0.2, 0.25) is 11.8 Å². The molecule has 6 nitrogen and oxygen atoms in total. The number of amides is 1. The predicted octanol–water partition coefficient (Wildman–Crippen LogP) is 5.80. The summed E-state index contributed by atoms with van der Waals surface area (Å²) >= 11 is 13.1. The Morgan fingerprint density at radius 3 is 2.60 bits per heavy atom. The number of anilines is 1. The number of nitrogens with zero attached hydrogens (tertiary/aromatic N) is 3. The Hall–Kier alpha value is -2.79. The number of ether oxygens (including phenoxy) is 1. The smallest absolute Gasteiger partial charge is 0.234 e. The predicted molar refractivity (Wildman–Crippen MR) is 119 cm³/mol. The van der Waals surface area contributed by atoms with Gasteiger partial charge in [-0.1, -0.05) is 35.0 Å². The van der Waals surface area contributed by atoms with E-state index in [4.69, 9.17) is 33.2 Å².